The molecule has 2 amide bonds. The van der Waals surface area contributed by atoms with Gasteiger partial charge in [0, 0.05) is 12.4 Å². The molecular weight excluding hydrogens is 208 g/mol. The molecule has 0 unspecified atom stereocenters. The fourth-order valence-corrected chi connectivity index (χ4v) is 0.591. The highest BCUT2D eigenvalue weighted by Gasteiger charge is 2.10. The van der Waals surface area contributed by atoms with Crippen molar-refractivity contribution in [1.82, 2.24) is 10.9 Å². The molecule has 0 heterocycles. The number of nitrogens with zero attached hydrogens (tertiary/aromatic N) is 2. The number of rotatable bonds is 4. The minimum Gasteiger partial charge on any atom is -0.262 e. The Morgan fingerprint density at radius 1 is 0.875 bits per heavy atom. The highest BCUT2D eigenvalue weighted by Crippen LogP contribution is 1.84. The summed E-state index contributed by atoms with van der Waals surface area (Å²) in [6.45, 7) is 7.62. The van der Waals surface area contributed by atoms with Gasteiger partial charge >= 0.3 is 11.8 Å². The van der Waals surface area contributed by atoms with Gasteiger partial charge in [0.05, 0.1) is 0 Å². The van der Waals surface area contributed by atoms with Crippen LogP contribution in [0.1, 0.15) is 27.7 Å². The van der Waals surface area contributed by atoms with Gasteiger partial charge in [-0.2, -0.15) is 10.2 Å². The molecule has 0 radical (unpaired) electrons. The summed E-state index contributed by atoms with van der Waals surface area (Å²) < 4.78 is 0. The summed E-state index contributed by atoms with van der Waals surface area (Å²) in [4.78, 5) is 22.2. The van der Waals surface area contributed by atoms with E-state index in [2.05, 4.69) is 21.1 Å². The van der Waals surface area contributed by atoms with Crippen LogP contribution in [0.4, 0.5) is 0 Å². The van der Waals surface area contributed by atoms with Crippen molar-refractivity contribution in [2.75, 3.05) is 0 Å². The van der Waals surface area contributed by atoms with Gasteiger partial charge in [0.25, 0.3) is 0 Å². The lowest BCUT2D eigenvalue weighted by molar-refractivity contribution is -0.139. The van der Waals surface area contributed by atoms with E-state index in [4.69, 9.17) is 0 Å². The summed E-state index contributed by atoms with van der Waals surface area (Å²) in [6.07, 6.45) is 3.06. The summed E-state index contributed by atoms with van der Waals surface area (Å²) in [5, 5.41) is 7.20. The van der Waals surface area contributed by atoms with Crippen molar-refractivity contribution >= 4 is 24.2 Å². The molecule has 6 nitrogen and oxygen atoms in total. The lowest BCUT2D eigenvalue weighted by Gasteiger charge is -1.99. The van der Waals surface area contributed by atoms with E-state index in [1.54, 1.807) is 0 Å². The van der Waals surface area contributed by atoms with E-state index in [0.717, 1.165) is 0 Å². The molecule has 0 aliphatic heterocycles. The highest BCUT2D eigenvalue weighted by molar-refractivity contribution is 6.35. The molecule has 0 saturated heterocycles. The van der Waals surface area contributed by atoms with Crippen LogP contribution in [0.2, 0.25) is 0 Å². The van der Waals surface area contributed by atoms with Crippen molar-refractivity contribution in [3.05, 3.63) is 0 Å². The molecule has 0 aromatic rings. The summed E-state index contributed by atoms with van der Waals surface area (Å²) in [5.41, 5.74) is 4.19. The monoisotopic (exact) mass is 226 g/mol. The summed E-state index contributed by atoms with van der Waals surface area (Å²) in [5.74, 6) is -1.25. The molecule has 0 aromatic heterocycles. The maximum atomic E-state index is 11.1. The zero-order valence-electron chi connectivity index (χ0n) is 10.0. The average Bonchev–Trinajstić information content (AvgIpc) is 2.16. The number of hydrogen-bond donors (Lipinski definition) is 2. The fraction of sp³-hybridized carbons (Fsp3) is 0.600. The predicted molar refractivity (Wildman–Crippen MR) is 62.9 cm³/mol. The topological polar surface area (TPSA) is 82.9 Å². The maximum Gasteiger partial charge on any atom is 0.331 e. The van der Waals surface area contributed by atoms with Gasteiger partial charge in [-0.25, -0.2) is 10.9 Å². The fourth-order valence-electron chi connectivity index (χ4n) is 0.591. The molecule has 0 saturated carbocycles. The zero-order valence-corrected chi connectivity index (χ0v) is 10.0. The van der Waals surface area contributed by atoms with Gasteiger partial charge in [0.15, 0.2) is 0 Å². The van der Waals surface area contributed by atoms with Gasteiger partial charge in [-0.3, -0.25) is 9.59 Å². The van der Waals surface area contributed by atoms with Crippen LogP contribution in [0, 0.1) is 11.8 Å². The zero-order chi connectivity index (χ0) is 12.6. The Morgan fingerprint density at radius 2 is 1.19 bits per heavy atom. The molecule has 0 bridgehead atoms. The molecule has 90 valence electrons. The standard InChI is InChI=1S/C10H18N4O2/c1-7(2)5-11-13-9(15)10(16)14-12-6-8(3)4/h5-8H,1-4H3,(H,13,15)(H,14,16). The number of hydrogen-bond acceptors (Lipinski definition) is 4. The average molecular weight is 226 g/mol. The van der Waals surface area contributed by atoms with Gasteiger partial charge in [-0.1, -0.05) is 27.7 Å². The van der Waals surface area contributed by atoms with E-state index in [9.17, 15) is 9.59 Å². The molecule has 0 aromatic carbocycles. The third-order valence-corrected chi connectivity index (χ3v) is 1.28. The maximum absolute atomic E-state index is 11.1. The largest absolute Gasteiger partial charge is 0.331 e. The quantitative estimate of drug-likeness (QED) is 0.416. The van der Waals surface area contributed by atoms with Gasteiger partial charge in [0.2, 0.25) is 0 Å². The first kappa shape index (κ1) is 14.3. The first-order chi connectivity index (χ1) is 7.43. The Kier molecular flexibility index (Phi) is 6.74. The summed E-state index contributed by atoms with van der Waals surface area (Å²) in [7, 11) is 0. The van der Waals surface area contributed by atoms with Crippen LogP contribution in [0.25, 0.3) is 0 Å². The molecule has 0 aliphatic rings. The van der Waals surface area contributed by atoms with Crippen LogP contribution in [0.3, 0.4) is 0 Å². The minimum absolute atomic E-state index is 0.210. The van der Waals surface area contributed by atoms with E-state index in [1.807, 2.05) is 27.7 Å². The Labute approximate surface area is 95.2 Å². The van der Waals surface area contributed by atoms with E-state index in [1.165, 1.54) is 12.4 Å². The molecule has 0 spiro atoms. The van der Waals surface area contributed by atoms with Crippen LogP contribution >= 0.6 is 0 Å². The number of hydrazone groups is 2. The van der Waals surface area contributed by atoms with Crippen LogP contribution in [0.5, 0.6) is 0 Å². The molecule has 0 aliphatic carbocycles. The third-order valence-electron chi connectivity index (χ3n) is 1.28. The first-order valence-corrected chi connectivity index (χ1v) is 5.10. The Bertz CT molecular complexity index is 265. The van der Waals surface area contributed by atoms with Crippen molar-refractivity contribution in [2.45, 2.75) is 27.7 Å². The molecule has 0 rings (SSSR count). The smallest absolute Gasteiger partial charge is 0.262 e. The Morgan fingerprint density at radius 3 is 1.44 bits per heavy atom. The molecule has 0 fully saturated rings. The van der Waals surface area contributed by atoms with E-state index in [0.29, 0.717) is 0 Å². The van der Waals surface area contributed by atoms with E-state index >= 15 is 0 Å². The van der Waals surface area contributed by atoms with Crippen LogP contribution < -0.4 is 10.9 Å². The second-order valence-corrected chi connectivity index (χ2v) is 3.93. The van der Waals surface area contributed by atoms with Gasteiger partial charge in [-0.15, -0.1) is 0 Å². The van der Waals surface area contributed by atoms with Crippen molar-refractivity contribution in [3.63, 3.8) is 0 Å². The van der Waals surface area contributed by atoms with Crippen molar-refractivity contribution in [2.24, 2.45) is 22.0 Å². The molecular formula is C10H18N4O2. The van der Waals surface area contributed by atoms with Crippen LogP contribution in [-0.4, -0.2) is 24.2 Å². The number of carbonyl (C=O) groups excluding carboxylic acids is 2. The predicted octanol–water partition coefficient (Wildman–Crippen LogP) is 0.502. The summed E-state index contributed by atoms with van der Waals surface area (Å²) >= 11 is 0. The lowest BCUT2D eigenvalue weighted by Crippen LogP contribution is -2.35. The number of nitrogens with one attached hydrogen (secondary N) is 2. The molecule has 0 atom stereocenters. The van der Waals surface area contributed by atoms with Crippen LogP contribution in [-0.2, 0) is 9.59 Å². The first-order valence-electron chi connectivity index (χ1n) is 5.10. The van der Waals surface area contributed by atoms with Gasteiger partial charge < -0.3 is 0 Å². The molecule has 16 heavy (non-hydrogen) atoms. The SMILES string of the molecule is CC(C)C=NNC(=O)C(=O)NN=CC(C)C. The van der Waals surface area contributed by atoms with E-state index < -0.39 is 11.8 Å². The number of amides is 2. The lowest BCUT2D eigenvalue weighted by atomic mass is 10.3. The van der Waals surface area contributed by atoms with Gasteiger partial charge in [-0.05, 0) is 11.8 Å². The molecule has 2 N–H and O–H groups in total. The second kappa shape index (κ2) is 7.56. The second-order valence-electron chi connectivity index (χ2n) is 3.93. The highest BCUT2D eigenvalue weighted by atomic mass is 16.2. The summed E-state index contributed by atoms with van der Waals surface area (Å²) in [6, 6.07) is 0. The molecule has 6 heteroatoms. The van der Waals surface area contributed by atoms with E-state index in [-0.39, 0.29) is 11.8 Å². The van der Waals surface area contributed by atoms with Crippen molar-refractivity contribution < 1.29 is 9.59 Å². The normalized spacial score (nSPS) is 11.6. The Hall–Kier alpha value is -1.72. The third kappa shape index (κ3) is 7.66. The van der Waals surface area contributed by atoms with Crippen LogP contribution in [0.15, 0.2) is 10.2 Å². The van der Waals surface area contributed by atoms with Crippen molar-refractivity contribution in [3.8, 4) is 0 Å². The number of carbonyl (C=O) groups is 2. The van der Waals surface area contributed by atoms with Gasteiger partial charge in [0.1, 0.15) is 0 Å². The Balaban J connectivity index is 3.96. The van der Waals surface area contributed by atoms with Crippen molar-refractivity contribution in [1.29, 1.82) is 0 Å². The minimum atomic E-state index is -0.835.